The van der Waals surface area contributed by atoms with Crippen LogP contribution in [0.15, 0.2) is 30.1 Å². The average Bonchev–Trinajstić information content (AvgIpc) is 2.64. The Balaban J connectivity index is 2.20. The highest BCUT2D eigenvalue weighted by Crippen LogP contribution is 2.27. The number of ether oxygens (including phenoxy) is 1. The molecule has 0 saturated carbocycles. The third kappa shape index (κ3) is 3.41. The Hall–Kier alpha value is -1.68. The van der Waals surface area contributed by atoms with Crippen molar-refractivity contribution in [2.75, 3.05) is 6.61 Å². The molecule has 0 saturated heterocycles. The average molecular weight is 275 g/mol. The fourth-order valence-electron chi connectivity index (χ4n) is 1.74. The van der Waals surface area contributed by atoms with Gasteiger partial charge in [0.05, 0.1) is 17.2 Å². The van der Waals surface area contributed by atoms with Gasteiger partial charge >= 0.3 is 0 Å². The zero-order chi connectivity index (χ0) is 13.7. The van der Waals surface area contributed by atoms with Crippen molar-refractivity contribution in [2.24, 2.45) is 0 Å². The molecule has 0 amide bonds. The van der Waals surface area contributed by atoms with Gasteiger partial charge in [0, 0.05) is 0 Å². The molecule has 0 N–H and O–H groups in total. The molecule has 1 aliphatic carbocycles. The summed E-state index contributed by atoms with van der Waals surface area (Å²) >= 11 is 1.44. The van der Waals surface area contributed by atoms with E-state index in [0.29, 0.717) is 4.88 Å². The van der Waals surface area contributed by atoms with E-state index in [2.05, 4.69) is 18.0 Å². The summed E-state index contributed by atoms with van der Waals surface area (Å²) < 4.78 is 5.60. The molecular weight excluding hydrogens is 258 g/mol. The Labute approximate surface area is 117 Å². The quantitative estimate of drug-likeness (QED) is 0.765. The van der Waals surface area contributed by atoms with Gasteiger partial charge in [-0.2, -0.15) is 0 Å². The number of allylic oxidation sites excluding steroid dienone is 5. The molecule has 4 heteroatoms. The molecular formula is C15H17NO2S. The first kappa shape index (κ1) is 13.7. The minimum atomic E-state index is 0.704. The van der Waals surface area contributed by atoms with Crippen molar-refractivity contribution in [3.8, 4) is 0 Å². The lowest BCUT2D eigenvalue weighted by atomic mass is 10.2. The van der Waals surface area contributed by atoms with Gasteiger partial charge in [0.15, 0.2) is 6.29 Å². The number of carbonyl (C=O) groups excluding carboxylic acids is 1. The molecule has 2 rings (SSSR count). The molecule has 1 aliphatic rings. The van der Waals surface area contributed by atoms with E-state index in [1.54, 1.807) is 0 Å². The maximum absolute atomic E-state index is 10.9. The Kier molecular flexibility index (Phi) is 4.68. The summed E-state index contributed by atoms with van der Waals surface area (Å²) in [6.45, 7) is 4.68. The molecule has 0 unspecified atom stereocenters. The second-order valence-electron chi connectivity index (χ2n) is 4.30. The van der Waals surface area contributed by atoms with Crippen LogP contribution >= 0.6 is 11.3 Å². The topological polar surface area (TPSA) is 39.2 Å². The largest absolute Gasteiger partial charge is 0.494 e. The number of aryl methyl sites for hydroxylation is 1. The Bertz CT molecular complexity index is 552. The minimum absolute atomic E-state index is 0.704. The van der Waals surface area contributed by atoms with E-state index >= 15 is 0 Å². The van der Waals surface area contributed by atoms with Crippen molar-refractivity contribution in [1.82, 2.24) is 4.98 Å². The molecule has 100 valence electrons. The first-order valence-electron chi connectivity index (χ1n) is 6.37. The van der Waals surface area contributed by atoms with Crippen molar-refractivity contribution in [3.63, 3.8) is 0 Å². The van der Waals surface area contributed by atoms with Gasteiger partial charge in [-0.15, -0.1) is 11.3 Å². The fraction of sp³-hybridized carbons (Fsp3) is 0.333. The minimum Gasteiger partial charge on any atom is -0.494 e. The van der Waals surface area contributed by atoms with Gasteiger partial charge in [-0.05, 0) is 37.5 Å². The zero-order valence-electron chi connectivity index (χ0n) is 11.2. The number of rotatable bonds is 5. The number of hydrogen-bond donors (Lipinski definition) is 0. The molecule has 0 spiro atoms. The van der Waals surface area contributed by atoms with Crippen molar-refractivity contribution < 1.29 is 9.53 Å². The molecule has 0 aromatic carbocycles. The van der Waals surface area contributed by atoms with E-state index < -0.39 is 0 Å². The van der Waals surface area contributed by atoms with E-state index in [1.807, 2.05) is 25.2 Å². The van der Waals surface area contributed by atoms with Gasteiger partial charge in [0.1, 0.15) is 10.8 Å². The standard InChI is InChI=1S/C15H17NO2S/c1-3-9-18-13-6-4-5-12(7-8-13)15-16-11(2)14(10-17)19-15/h4,6-8,10H,3,5,9H2,1-2H3. The predicted octanol–water partition coefficient (Wildman–Crippen LogP) is 3.92. The van der Waals surface area contributed by atoms with E-state index in [-0.39, 0.29) is 0 Å². The van der Waals surface area contributed by atoms with Crippen molar-refractivity contribution in [1.29, 1.82) is 0 Å². The van der Waals surface area contributed by atoms with E-state index in [9.17, 15) is 4.79 Å². The number of thiazole rings is 1. The maximum atomic E-state index is 10.9. The maximum Gasteiger partial charge on any atom is 0.161 e. The third-order valence-electron chi connectivity index (χ3n) is 2.76. The molecule has 19 heavy (non-hydrogen) atoms. The van der Waals surface area contributed by atoms with E-state index in [1.165, 1.54) is 11.3 Å². The van der Waals surface area contributed by atoms with Crippen LogP contribution in [-0.2, 0) is 4.74 Å². The van der Waals surface area contributed by atoms with Crippen LogP contribution in [-0.4, -0.2) is 17.9 Å². The Morgan fingerprint density at radius 2 is 2.32 bits per heavy atom. The zero-order valence-corrected chi connectivity index (χ0v) is 12.0. The normalized spacial score (nSPS) is 14.6. The molecule has 0 bridgehead atoms. The molecule has 1 aromatic rings. The van der Waals surface area contributed by atoms with Crippen LogP contribution in [0.5, 0.6) is 0 Å². The second kappa shape index (κ2) is 6.48. The van der Waals surface area contributed by atoms with Crippen LogP contribution in [0.2, 0.25) is 0 Å². The highest BCUT2D eigenvalue weighted by Gasteiger charge is 2.11. The van der Waals surface area contributed by atoms with E-state index in [4.69, 9.17) is 4.74 Å². The van der Waals surface area contributed by atoms with Gasteiger partial charge < -0.3 is 4.74 Å². The van der Waals surface area contributed by atoms with Crippen molar-refractivity contribution in [3.05, 3.63) is 45.6 Å². The summed E-state index contributed by atoms with van der Waals surface area (Å²) in [5.41, 5.74) is 1.92. The summed E-state index contributed by atoms with van der Waals surface area (Å²) in [6, 6.07) is 0. The second-order valence-corrected chi connectivity index (χ2v) is 5.33. The fourth-order valence-corrected chi connectivity index (χ4v) is 2.65. The molecule has 0 fully saturated rings. The van der Waals surface area contributed by atoms with Crippen LogP contribution in [0.1, 0.15) is 40.1 Å². The Morgan fingerprint density at radius 3 is 3.00 bits per heavy atom. The SMILES string of the molecule is CCCOC1=CC=C(c2nc(C)c(C=O)s2)CC=C1. The summed E-state index contributed by atoms with van der Waals surface area (Å²) in [6.07, 6.45) is 10.7. The highest BCUT2D eigenvalue weighted by molar-refractivity contribution is 7.14. The first-order chi connectivity index (χ1) is 9.24. The van der Waals surface area contributed by atoms with Crippen molar-refractivity contribution >= 4 is 23.2 Å². The summed E-state index contributed by atoms with van der Waals surface area (Å²) in [5, 5.41) is 0.914. The van der Waals surface area contributed by atoms with Gasteiger partial charge in [0.25, 0.3) is 0 Å². The lowest BCUT2D eigenvalue weighted by molar-refractivity contribution is 0.112. The van der Waals surface area contributed by atoms with E-state index in [0.717, 1.165) is 47.8 Å². The lowest BCUT2D eigenvalue weighted by Crippen LogP contribution is -1.89. The predicted molar refractivity (Wildman–Crippen MR) is 78.3 cm³/mol. The summed E-state index contributed by atoms with van der Waals surface area (Å²) in [4.78, 5) is 16.0. The number of nitrogens with zero attached hydrogens (tertiary/aromatic N) is 1. The highest BCUT2D eigenvalue weighted by atomic mass is 32.1. The van der Waals surface area contributed by atoms with Gasteiger partial charge in [-0.3, -0.25) is 4.79 Å². The van der Waals surface area contributed by atoms with Crippen LogP contribution < -0.4 is 0 Å². The van der Waals surface area contributed by atoms with Gasteiger partial charge in [-0.1, -0.05) is 19.1 Å². The first-order valence-corrected chi connectivity index (χ1v) is 7.19. The molecule has 0 atom stereocenters. The molecule has 1 heterocycles. The Morgan fingerprint density at radius 1 is 1.47 bits per heavy atom. The molecule has 0 aliphatic heterocycles. The monoisotopic (exact) mass is 275 g/mol. The summed E-state index contributed by atoms with van der Waals surface area (Å²) in [7, 11) is 0. The van der Waals surface area contributed by atoms with Crippen LogP contribution in [0.4, 0.5) is 0 Å². The van der Waals surface area contributed by atoms with Crippen LogP contribution in [0.25, 0.3) is 5.57 Å². The van der Waals surface area contributed by atoms with Gasteiger partial charge in [0.2, 0.25) is 0 Å². The third-order valence-corrected chi connectivity index (χ3v) is 3.91. The lowest BCUT2D eigenvalue weighted by Gasteiger charge is -2.02. The summed E-state index contributed by atoms with van der Waals surface area (Å²) in [5.74, 6) is 0.876. The molecule has 0 radical (unpaired) electrons. The number of aldehydes is 1. The number of hydrogen-bond acceptors (Lipinski definition) is 4. The molecule has 3 nitrogen and oxygen atoms in total. The number of aromatic nitrogens is 1. The molecule has 1 aromatic heterocycles. The van der Waals surface area contributed by atoms with Crippen LogP contribution in [0, 0.1) is 6.92 Å². The smallest absolute Gasteiger partial charge is 0.161 e. The van der Waals surface area contributed by atoms with Crippen LogP contribution in [0.3, 0.4) is 0 Å². The number of carbonyl (C=O) groups is 1. The van der Waals surface area contributed by atoms with Crippen molar-refractivity contribution in [2.45, 2.75) is 26.7 Å². The van der Waals surface area contributed by atoms with Gasteiger partial charge in [-0.25, -0.2) is 4.98 Å².